The molecule has 3 fully saturated rings. The van der Waals surface area contributed by atoms with Gasteiger partial charge < -0.3 is 64.4 Å². The number of amides is 3. The molecule has 3 aromatic carbocycles. The van der Waals surface area contributed by atoms with Crippen LogP contribution in [-0.2, 0) is 57.8 Å². The van der Waals surface area contributed by atoms with Gasteiger partial charge in [0, 0.05) is 24.3 Å². The van der Waals surface area contributed by atoms with Gasteiger partial charge in [0.1, 0.15) is 43.7 Å². The van der Waals surface area contributed by atoms with E-state index in [1.807, 2.05) is 126 Å². The molecule has 6 rings (SSSR count). The summed E-state index contributed by atoms with van der Waals surface area (Å²) < 4.78 is 44.2. The van der Waals surface area contributed by atoms with Gasteiger partial charge in [-0.2, -0.15) is 0 Å². The summed E-state index contributed by atoms with van der Waals surface area (Å²) in [5.41, 5.74) is 2.39. The molecule has 6 N–H and O–H groups in total. The first kappa shape index (κ1) is 50.8. The fourth-order valence-corrected chi connectivity index (χ4v) is 8.77. The van der Waals surface area contributed by atoms with Gasteiger partial charge in [0.05, 0.1) is 37.5 Å². The average molecular weight is 920 g/mol. The van der Waals surface area contributed by atoms with Crippen molar-refractivity contribution in [2.75, 3.05) is 13.2 Å². The molecule has 362 valence electrons. The maximum Gasteiger partial charge on any atom is 0.407 e. The second-order valence-electron chi connectivity index (χ2n) is 18.0. The summed E-state index contributed by atoms with van der Waals surface area (Å²) in [4.78, 5) is 40.8. The number of benzene rings is 3. The zero-order valence-corrected chi connectivity index (χ0v) is 38.6. The minimum absolute atomic E-state index is 0.0335. The molecular weight excluding hydrogens is 851 g/mol. The van der Waals surface area contributed by atoms with E-state index >= 15 is 0 Å². The van der Waals surface area contributed by atoms with Crippen LogP contribution in [0.4, 0.5) is 9.59 Å². The lowest BCUT2D eigenvalue weighted by Crippen LogP contribution is -2.74. The van der Waals surface area contributed by atoms with Crippen molar-refractivity contribution in [3.63, 3.8) is 0 Å². The standard InChI is InChI=1S/C50H69N3O13/c1-6-16-30(2)46(57)52-39-43(60-27-34-17-10-7-11-18-34)40(53-50(59)62-29-36-21-14-9-15-22-36)45(42(56)44(39)66-48-33(5)32(4)41(55)38(26-54)64-48)65-47-31(3)23-24-37(63-47)25-51-49(58)61-28-35-19-12-8-13-20-35/h7-15,17-22,30-33,37-45,47-48,54-56H,6,16,23-29H2,1-5H3,(H,51,58)(H,52,57)(H,53,59)/t30-,31?,32-,33?,37?,38?,39-,40+,41+,42?,43?,44+,45?,47-,48-/m1/s1. The van der Waals surface area contributed by atoms with Crippen LogP contribution in [0, 0.1) is 23.7 Å². The molecule has 0 spiro atoms. The van der Waals surface area contributed by atoms with Crippen molar-refractivity contribution in [3.8, 4) is 0 Å². The average Bonchev–Trinajstić information content (AvgIpc) is 3.33. The molecule has 2 heterocycles. The van der Waals surface area contributed by atoms with Crippen molar-refractivity contribution < 1.29 is 62.9 Å². The number of ether oxygens (including phenoxy) is 7. The van der Waals surface area contributed by atoms with Gasteiger partial charge in [-0.1, -0.05) is 132 Å². The van der Waals surface area contributed by atoms with Crippen LogP contribution >= 0.6 is 0 Å². The molecule has 3 amide bonds. The number of hydrogen-bond donors (Lipinski definition) is 6. The van der Waals surface area contributed by atoms with Gasteiger partial charge >= 0.3 is 12.2 Å². The quantitative estimate of drug-likeness (QED) is 0.0897. The summed E-state index contributed by atoms with van der Waals surface area (Å²) in [5, 5.41) is 42.8. The van der Waals surface area contributed by atoms with E-state index in [-0.39, 0.29) is 44.1 Å². The predicted molar refractivity (Wildman–Crippen MR) is 242 cm³/mol. The van der Waals surface area contributed by atoms with Gasteiger partial charge in [-0.15, -0.1) is 0 Å². The fraction of sp³-hybridized carbons (Fsp3) is 0.580. The number of carbonyl (C=O) groups is 3. The van der Waals surface area contributed by atoms with Crippen LogP contribution in [0.25, 0.3) is 0 Å². The number of nitrogens with one attached hydrogen (secondary N) is 3. The van der Waals surface area contributed by atoms with E-state index in [0.29, 0.717) is 19.3 Å². The first-order valence-corrected chi connectivity index (χ1v) is 23.3. The zero-order valence-electron chi connectivity index (χ0n) is 38.6. The zero-order chi connectivity index (χ0) is 47.2. The predicted octanol–water partition coefficient (Wildman–Crippen LogP) is 5.35. The third kappa shape index (κ3) is 13.7. The normalized spacial score (nSPS) is 31.5. The van der Waals surface area contributed by atoms with E-state index in [1.165, 1.54) is 0 Å². The van der Waals surface area contributed by atoms with E-state index in [9.17, 15) is 29.7 Å². The maximum absolute atomic E-state index is 14.1. The number of rotatable bonds is 19. The van der Waals surface area contributed by atoms with Crippen molar-refractivity contribution in [2.45, 2.75) is 148 Å². The van der Waals surface area contributed by atoms with E-state index in [0.717, 1.165) is 23.1 Å². The highest BCUT2D eigenvalue weighted by Gasteiger charge is 2.56. The third-order valence-electron chi connectivity index (χ3n) is 13.0. The lowest BCUT2D eigenvalue weighted by molar-refractivity contribution is -0.320. The number of carbonyl (C=O) groups excluding carboxylic acids is 3. The van der Waals surface area contributed by atoms with Crippen LogP contribution in [0.1, 0.15) is 77.0 Å². The molecule has 16 nitrogen and oxygen atoms in total. The molecule has 16 heteroatoms. The van der Waals surface area contributed by atoms with Crippen molar-refractivity contribution in [1.82, 2.24) is 16.0 Å². The van der Waals surface area contributed by atoms with Crippen LogP contribution in [-0.4, -0.2) is 114 Å². The molecule has 0 aromatic heterocycles. The Hall–Kier alpha value is -4.65. The van der Waals surface area contributed by atoms with Gasteiger partial charge in [-0.3, -0.25) is 4.79 Å². The van der Waals surface area contributed by atoms with E-state index in [4.69, 9.17) is 33.2 Å². The Labute approximate surface area is 388 Å². The lowest BCUT2D eigenvalue weighted by Gasteiger charge is -2.52. The van der Waals surface area contributed by atoms with Gasteiger partial charge in [-0.05, 0) is 41.9 Å². The minimum Gasteiger partial charge on any atom is -0.445 e. The molecule has 2 saturated heterocycles. The van der Waals surface area contributed by atoms with E-state index in [1.54, 1.807) is 0 Å². The van der Waals surface area contributed by atoms with Gasteiger partial charge in [-0.25, -0.2) is 9.59 Å². The molecular formula is C50H69N3O13. The van der Waals surface area contributed by atoms with Crippen molar-refractivity contribution in [1.29, 1.82) is 0 Å². The van der Waals surface area contributed by atoms with Gasteiger partial charge in [0.25, 0.3) is 0 Å². The largest absolute Gasteiger partial charge is 0.445 e. The molecule has 2 aliphatic heterocycles. The third-order valence-corrected chi connectivity index (χ3v) is 13.0. The Kier molecular flexibility index (Phi) is 19.2. The summed E-state index contributed by atoms with van der Waals surface area (Å²) in [5.74, 6) is -1.80. The highest BCUT2D eigenvalue weighted by atomic mass is 16.7. The number of aliphatic hydroxyl groups is 3. The molecule has 15 atom stereocenters. The molecule has 3 aromatic rings. The van der Waals surface area contributed by atoms with Crippen LogP contribution in [0.3, 0.4) is 0 Å². The molecule has 66 heavy (non-hydrogen) atoms. The van der Waals surface area contributed by atoms with Crippen LogP contribution in [0.5, 0.6) is 0 Å². The topological polar surface area (TPSA) is 213 Å². The summed E-state index contributed by atoms with van der Waals surface area (Å²) in [6.07, 6.45) is -8.70. The number of hydrogen-bond acceptors (Lipinski definition) is 13. The Morgan fingerprint density at radius 1 is 0.682 bits per heavy atom. The van der Waals surface area contributed by atoms with E-state index < -0.39 is 98.0 Å². The Bertz CT molecular complexity index is 1930. The molecule has 0 radical (unpaired) electrons. The summed E-state index contributed by atoms with van der Waals surface area (Å²) in [7, 11) is 0. The maximum atomic E-state index is 14.1. The summed E-state index contributed by atoms with van der Waals surface area (Å²) in [6, 6.07) is 25.6. The Balaban J connectivity index is 1.33. The van der Waals surface area contributed by atoms with Crippen molar-refractivity contribution >= 4 is 18.1 Å². The first-order valence-electron chi connectivity index (χ1n) is 23.3. The monoisotopic (exact) mass is 919 g/mol. The minimum atomic E-state index is -1.58. The first-order chi connectivity index (χ1) is 31.9. The summed E-state index contributed by atoms with van der Waals surface area (Å²) >= 11 is 0. The lowest BCUT2D eigenvalue weighted by atomic mass is 9.79. The molecule has 0 bridgehead atoms. The molecule has 1 aliphatic carbocycles. The van der Waals surface area contributed by atoms with Crippen molar-refractivity contribution in [2.24, 2.45) is 23.7 Å². The highest BCUT2D eigenvalue weighted by Crippen LogP contribution is 2.38. The highest BCUT2D eigenvalue weighted by molar-refractivity contribution is 5.78. The SMILES string of the molecule is CCC[C@@H](C)C(=O)N[C@@H]1C(OCc2ccccc2)[C@H](NC(=O)OCc2ccccc2)C(O[C@H]2OC(CNC(=O)OCc3ccccc3)CCC2C)C(O)[C@H]1O[C@H]1OC(CO)[C@@H](O)[C@H](C)C1C. The second kappa shape index (κ2) is 24.9. The number of aliphatic hydroxyl groups excluding tert-OH is 3. The van der Waals surface area contributed by atoms with Gasteiger partial charge in [0.2, 0.25) is 5.91 Å². The van der Waals surface area contributed by atoms with E-state index in [2.05, 4.69) is 16.0 Å². The molecule has 7 unspecified atom stereocenters. The summed E-state index contributed by atoms with van der Waals surface area (Å²) in [6.45, 7) is 9.13. The molecule has 1 saturated carbocycles. The smallest absolute Gasteiger partial charge is 0.407 e. The van der Waals surface area contributed by atoms with Crippen LogP contribution in [0.2, 0.25) is 0 Å². The van der Waals surface area contributed by atoms with Crippen LogP contribution < -0.4 is 16.0 Å². The second-order valence-corrected chi connectivity index (χ2v) is 18.0. The Morgan fingerprint density at radius 2 is 1.23 bits per heavy atom. The van der Waals surface area contributed by atoms with Crippen molar-refractivity contribution in [3.05, 3.63) is 108 Å². The van der Waals surface area contributed by atoms with Gasteiger partial charge in [0.15, 0.2) is 12.6 Å². The fourth-order valence-electron chi connectivity index (χ4n) is 8.77. The Morgan fingerprint density at radius 3 is 1.80 bits per heavy atom. The number of alkyl carbamates (subject to hydrolysis) is 2. The van der Waals surface area contributed by atoms with Crippen LogP contribution in [0.15, 0.2) is 91.0 Å². The molecule has 3 aliphatic rings.